The smallest absolute Gasteiger partial charge is 0.360 e. The van der Waals surface area contributed by atoms with Crippen LogP contribution in [-0.2, 0) is 24.6 Å². The number of nitrogens with zero attached hydrogens (tertiary/aromatic N) is 1. The Morgan fingerprint density at radius 1 is 1.20 bits per heavy atom. The van der Waals surface area contributed by atoms with Crippen LogP contribution in [0.2, 0.25) is 5.02 Å². The molecule has 2 aromatic carbocycles. The number of hydrogen-bond acceptors (Lipinski definition) is 6. The molecule has 0 spiro atoms. The van der Waals surface area contributed by atoms with Crippen LogP contribution >= 0.6 is 11.6 Å². The molecule has 0 aromatic heterocycles. The molecule has 7 heteroatoms. The van der Waals surface area contributed by atoms with Gasteiger partial charge >= 0.3 is 5.97 Å². The van der Waals surface area contributed by atoms with Gasteiger partial charge in [0.15, 0.2) is 11.5 Å². The Morgan fingerprint density at radius 3 is 2.47 bits per heavy atom. The minimum Gasteiger partial charge on any atom is -0.464 e. The molecule has 158 valence electrons. The lowest BCUT2D eigenvalue weighted by atomic mass is 9.94. The number of carbonyl (C=O) groups excluding carboxylic acids is 1. The van der Waals surface area contributed by atoms with Gasteiger partial charge in [-0.05, 0) is 47.9 Å². The van der Waals surface area contributed by atoms with E-state index in [1.807, 2.05) is 30.3 Å². The summed E-state index contributed by atoms with van der Waals surface area (Å²) in [6.07, 6.45) is 3.78. The minimum absolute atomic E-state index is 0.0379. The second kappa shape index (κ2) is 9.32. The second-order valence-corrected chi connectivity index (χ2v) is 7.84. The van der Waals surface area contributed by atoms with Gasteiger partial charge in [0.05, 0.1) is 7.11 Å². The molecule has 3 rings (SSSR count). The molecular weight excluding hydrogens is 404 g/mol. The van der Waals surface area contributed by atoms with Crippen molar-refractivity contribution < 1.29 is 19.2 Å². The first-order chi connectivity index (χ1) is 14.4. The fourth-order valence-electron chi connectivity index (χ4n) is 3.74. The highest BCUT2D eigenvalue weighted by molar-refractivity contribution is 6.43. The summed E-state index contributed by atoms with van der Waals surface area (Å²) in [5, 5.41) is 4.56. The van der Waals surface area contributed by atoms with Crippen LogP contribution in [0.3, 0.4) is 0 Å². The van der Waals surface area contributed by atoms with Gasteiger partial charge in [0.1, 0.15) is 7.11 Å². The largest absolute Gasteiger partial charge is 0.464 e. The van der Waals surface area contributed by atoms with Crippen molar-refractivity contribution in [1.82, 2.24) is 0 Å². The van der Waals surface area contributed by atoms with Gasteiger partial charge in [-0.3, -0.25) is 0 Å². The fraction of sp³-hybridized carbons (Fsp3) is 0.304. The van der Waals surface area contributed by atoms with Gasteiger partial charge in [-0.2, -0.15) is 5.90 Å². The van der Waals surface area contributed by atoms with E-state index in [-0.39, 0.29) is 11.1 Å². The predicted octanol–water partition coefficient (Wildman–Crippen LogP) is 4.46. The molecule has 2 aromatic rings. The SMILES string of the molecule is CON=C(C(=O)OC)c1ccccc1C(=CCC1CC1(C)c1ccc(Cl)cc1)ON. The van der Waals surface area contributed by atoms with Crippen molar-refractivity contribution in [3.8, 4) is 0 Å². The highest BCUT2D eigenvalue weighted by Gasteiger charge is 2.50. The summed E-state index contributed by atoms with van der Waals surface area (Å²) in [4.78, 5) is 22.2. The van der Waals surface area contributed by atoms with Crippen molar-refractivity contribution in [2.24, 2.45) is 17.0 Å². The topological polar surface area (TPSA) is 83.1 Å². The summed E-state index contributed by atoms with van der Waals surface area (Å²) >= 11 is 6.01. The summed E-state index contributed by atoms with van der Waals surface area (Å²) in [6.45, 7) is 2.24. The Bertz CT molecular complexity index is 971. The van der Waals surface area contributed by atoms with Gasteiger partial charge in [0.2, 0.25) is 0 Å². The lowest BCUT2D eigenvalue weighted by molar-refractivity contribution is -0.132. The quantitative estimate of drug-likeness (QED) is 0.290. The van der Waals surface area contributed by atoms with Crippen LogP contribution in [0.15, 0.2) is 59.8 Å². The lowest BCUT2D eigenvalue weighted by Crippen LogP contribution is -2.19. The molecule has 0 saturated heterocycles. The van der Waals surface area contributed by atoms with E-state index in [4.69, 9.17) is 31.9 Å². The van der Waals surface area contributed by atoms with Crippen molar-refractivity contribution >= 4 is 29.0 Å². The number of ether oxygens (including phenoxy) is 1. The maximum absolute atomic E-state index is 12.2. The van der Waals surface area contributed by atoms with Gasteiger partial charge in [-0.25, -0.2) is 4.79 Å². The second-order valence-electron chi connectivity index (χ2n) is 7.41. The van der Waals surface area contributed by atoms with Crippen molar-refractivity contribution in [2.45, 2.75) is 25.2 Å². The van der Waals surface area contributed by atoms with E-state index in [2.05, 4.69) is 24.2 Å². The summed E-state index contributed by atoms with van der Waals surface area (Å²) in [5.74, 6) is 5.88. The van der Waals surface area contributed by atoms with E-state index in [1.165, 1.54) is 19.8 Å². The van der Waals surface area contributed by atoms with Crippen molar-refractivity contribution in [3.63, 3.8) is 0 Å². The number of esters is 1. The molecule has 1 aliphatic carbocycles. The third-order valence-electron chi connectivity index (χ3n) is 5.64. The Morgan fingerprint density at radius 2 is 1.87 bits per heavy atom. The van der Waals surface area contributed by atoms with Crippen LogP contribution in [0.1, 0.15) is 36.5 Å². The molecule has 1 saturated carbocycles. The highest BCUT2D eigenvalue weighted by Crippen LogP contribution is 2.56. The molecule has 1 aliphatic rings. The van der Waals surface area contributed by atoms with E-state index in [0.29, 0.717) is 22.8 Å². The van der Waals surface area contributed by atoms with Crippen LogP contribution in [0.5, 0.6) is 0 Å². The number of rotatable bonds is 8. The monoisotopic (exact) mass is 428 g/mol. The lowest BCUT2D eigenvalue weighted by Gasteiger charge is -2.13. The van der Waals surface area contributed by atoms with Crippen LogP contribution in [0, 0.1) is 5.92 Å². The van der Waals surface area contributed by atoms with Crippen LogP contribution in [-0.4, -0.2) is 25.9 Å². The van der Waals surface area contributed by atoms with E-state index < -0.39 is 5.97 Å². The number of allylic oxidation sites excluding steroid dienone is 1. The summed E-state index contributed by atoms with van der Waals surface area (Å²) < 4.78 is 4.83. The van der Waals surface area contributed by atoms with Crippen LogP contribution < -0.4 is 5.90 Å². The number of hydrogen-bond donors (Lipinski definition) is 1. The van der Waals surface area contributed by atoms with Gasteiger partial charge in [0.25, 0.3) is 0 Å². The Kier molecular flexibility index (Phi) is 6.80. The fourth-order valence-corrected chi connectivity index (χ4v) is 3.87. The summed E-state index contributed by atoms with van der Waals surface area (Å²) in [7, 11) is 2.66. The molecule has 1 fully saturated rings. The Labute approximate surface area is 181 Å². The molecule has 30 heavy (non-hydrogen) atoms. The standard InChI is InChI=1S/C23H25ClN2O4/c1-23(15-8-11-17(24)12-9-15)14-16(23)10-13-20(30-25)18-6-4-5-7-19(18)21(26-29-3)22(27)28-2/h4-9,11-13,16H,10,14,25H2,1-3H3. The van der Waals surface area contributed by atoms with Crippen LogP contribution in [0.4, 0.5) is 0 Å². The van der Waals surface area contributed by atoms with Gasteiger partial charge < -0.3 is 14.4 Å². The highest BCUT2D eigenvalue weighted by atomic mass is 35.5. The molecule has 2 unspecified atom stereocenters. The first-order valence-electron chi connectivity index (χ1n) is 9.56. The van der Waals surface area contributed by atoms with Crippen molar-refractivity contribution in [3.05, 3.63) is 76.3 Å². The number of methoxy groups -OCH3 is 1. The molecule has 6 nitrogen and oxygen atoms in total. The summed E-state index contributed by atoms with van der Waals surface area (Å²) in [6, 6.07) is 15.2. The molecule has 0 radical (unpaired) electrons. The van der Waals surface area contributed by atoms with Crippen molar-refractivity contribution in [2.75, 3.05) is 14.2 Å². The zero-order valence-corrected chi connectivity index (χ0v) is 18.0. The molecule has 0 heterocycles. The predicted molar refractivity (Wildman–Crippen MR) is 117 cm³/mol. The van der Waals surface area contributed by atoms with E-state index in [0.717, 1.165) is 17.9 Å². The third-order valence-corrected chi connectivity index (χ3v) is 5.89. The van der Waals surface area contributed by atoms with E-state index >= 15 is 0 Å². The van der Waals surface area contributed by atoms with Crippen LogP contribution in [0.25, 0.3) is 5.76 Å². The first-order valence-corrected chi connectivity index (χ1v) is 9.94. The number of nitrogens with two attached hydrogens (primary N) is 1. The molecule has 0 bridgehead atoms. The number of benzene rings is 2. The van der Waals surface area contributed by atoms with Crippen molar-refractivity contribution in [1.29, 1.82) is 0 Å². The Balaban J connectivity index is 1.85. The molecular formula is C23H25ClN2O4. The maximum atomic E-state index is 12.2. The molecule has 2 atom stereocenters. The number of halogens is 1. The maximum Gasteiger partial charge on any atom is 0.360 e. The number of carbonyl (C=O) groups is 1. The number of oxime groups is 1. The molecule has 0 amide bonds. The minimum atomic E-state index is -0.613. The third kappa shape index (κ3) is 4.50. The summed E-state index contributed by atoms with van der Waals surface area (Å²) in [5.41, 5.74) is 2.54. The zero-order valence-electron chi connectivity index (χ0n) is 17.2. The van der Waals surface area contributed by atoms with Gasteiger partial charge in [0, 0.05) is 16.1 Å². The zero-order chi connectivity index (χ0) is 21.7. The first kappa shape index (κ1) is 21.9. The Hall–Kier alpha value is -2.83. The van der Waals surface area contributed by atoms with E-state index in [1.54, 1.807) is 12.1 Å². The normalized spacial score (nSPS) is 21.2. The average Bonchev–Trinajstić information content (AvgIpc) is 3.43. The van der Waals surface area contributed by atoms with E-state index in [9.17, 15) is 4.79 Å². The van der Waals surface area contributed by atoms with Gasteiger partial charge in [-0.1, -0.05) is 60.1 Å². The van der Waals surface area contributed by atoms with Gasteiger partial charge in [-0.15, -0.1) is 0 Å². The molecule has 2 N–H and O–H groups in total. The molecule has 0 aliphatic heterocycles. The average molecular weight is 429 g/mol.